The van der Waals surface area contributed by atoms with E-state index in [4.69, 9.17) is 5.11 Å². The van der Waals surface area contributed by atoms with Gasteiger partial charge in [0.05, 0.1) is 6.10 Å². The van der Waals surface area contributed by atoms with Crippen molar-refractivity contribution in [2.45, 2.75) is 39.0 Å². The normalized spacial score (nSPS) is 13.7. The molecule has 1 N–H and O–H groups in total. The van der Waals surface area contributed by atoms with E-state index in [1.54, 1.807) is 0 Å². The minimum atomic E-state index is -4.36. The molecule has 1 amide bonds. The lowest BCUT2D eigenvalue weighted by atomic mass is 10.2. The third kappa shape index (κ3) is 7.18. The van der Waals surface area contributed by atoms with E-state index in [9.17, 15) is 18.0 Å². The molecule has 0 radical (unpaired) electrons. The van der Waals surface area contributed by atoms with Crippen molar-refractivity contribution in [1.29, 1.82) is 0 Å². The second kappa shape index (κ2) is 5.95. The van der Waals surface area contributed by atoms with Gasteiger partial charge in [-0.2, -0.15) is 13.2 Å². The van der Waals surface area contributed by atoms with Crippen molar-refractivity contribution >= 4 is 5.91 Å². The molecule has 0 aliphatic rings. The zero-order valence-electron chi connectivity index (χ0n) is 8.84. The van der Waals surface area contributed by atoms with Gasteiger partial charge in [-0.3, -0.25) is 4.79 Å². The summed E-state index contributed by atoms with van der Waals surface area (Å²) in [7, 11) is 0. The molecule has 0 rings (SSSR count). The molecule has 0 aromatic carbocycles. The van der Waals surface area contributed by atoms with Gasteiger partial charge in [0, 0.05) is 13.0 Å². The van der Waals surface area contributed by atoms with E-state index in [0.29, 0.717) is 0 Å². The molecule has 1 atom stereocenters. The van der Waals surface area contributed by atoms with Gasteiger partial charge < -0.3 is 10.0 Å². The number of carbonyl (C=O) groups excluding carboxylic acids is 1. The summed E-state index contributed by atoms with van der Waals surface area (Å²) in [6, 6.07) is 0. The highest BCUT2D eigenvalue weighted by atomic mass is 19.4. The van der Waals surface area contributed by atoms with Crippen LogP contribution >= 0.6 is 0 Å². The molecule has 0 saturated carbocycles. The maximum Gasteiger partial charge on any atom is 0.406 e. The summed E-state index contributed by atoms with van der Waals surface area (Å²) < 4.78 is 36.0. The van der Waals surface area contributed by atoms with Crippen LogP contribution in [-0.4, -0.2) is 41.3 Å². The molecule has 0 fully saturated rings. The predicted molar refractivity (Wildman–Crippen MR) is 49.2 cm³/mol. The maximum atomic E-state index is 12.0. The molecule has 0 aliphatic heterocycles. The number of carbonyl (C=O) groups is 1. The van der Waals surface area contributed by atoms with Gasteiger partial charge in [0.15, 0.2) is 0 Å². The molecule has 3 nitrogen and oxygen atoms in total. The summed E-state index contributed by atoms with van der Waals surface area (Å²) in [5.74, 6) is -0.573. The minimum Gasteiger partial charge on any atom is -0.393 e. The first-order valence-corrected chi connectivity index (χ1v) is 4.79. The SMILES string of the molecule is CCN(CC(F)(F)F)C(=O)CCC(C)O. The fourth-order valence-corrected chi connectivity index (χ4v) is 1.08. The Morgan fingerprint density at radius 3 is 2.33 bits per heavy atom. The molecule has 15 heavy (non-hydrogen) atoms. The Hall–Kier alpha value is -0.780. The zero-order valence-corrected chi connectivity index (χ0v) is 8.84. The van der Waals surface area contributed by atoms with E-state index < -0.39 is 24.7 Å². The van der Waals surface area contributed by atoms with Crippen molar-refractivity contribution in [1.82, 2.24) is 4.90 Å². The van der Waals surface area contributed by atoms with Gasteiger partial charge in [-0.1, -0.05) is 0 Å². The van der Waals surface area contributed by atoms with Crippen LogP contribution in [0, 0.1) is 0 Å². The van der Waals surface area contributed by atoms with E-state index in [-0.39, 0.29) is 19.4 Å². The molecule has 1 unspecified atom stereocenters. The quantitative estimate of drug-likeness (QED) is 0.774. The van der Waals surface area contributed by atoms with E-state index in [2.05, 4.69) is 0 Å². The van der Waals surface area contributed by atoms with Gasteiger partial charge in [0.25, 0.3) is 0 Å². The first-order chi connectivity index (χ1) is 6.76. The van der Waals surface area contributed by atoms with Crippen molar-refractivity contribution in [3.8, 4) is 0 Å². The van der Waals surface area contributed by atoms with E-state index >= 15 is 0 Å². The number of amides is 1. The van der Waals surface area contributed by atoms with E-state index in [0.717, 1.165) is 4.90 Å². The largest absolute Gasteiger partial charge is 0.406 e. The molecule has 0 aliphatic carbocycles. The molecule has 90 valence electrons. The summed E-state index contributed by atoms with van der Waals surface area (Å²) >= 11 is 0. The Morgan fingerprint density at radius 2 is 2.00 bits per heavy atom. The Labute approximate surface area is 86.9 Å². The number of nitrogens with zero attached hydrogens (tertiary/aromatic N) is 1. The Bertz CT molecular complexity index is 204. The zero-order chi connectivity index (χ0) is 12.1. The average molecular weight is 227 g/mol. The number of aliphatic hydroxyl groups excluding tert-OH is 1. The third-order valence-electron chi connectivity index (χ3n) is 1.88. The van der Waals surface area contributed by atoms with Crippen LogP contribution in [0.3, 0.4) is 0 Å². The Kier molecular flexibility index (Phi) is 5.64. The molecule has 0 saturated heterocycles. The van der Waals surface area contributed by atoms with Crippen LogP contribution in [0.2, 0.25) is 0 Å². The minimum absolute atomic E-state index is 0.0259. The van der Waals surface area contributed by atoms with Crippen molar-refractivity contribution in [2.75, 3.05) is 13.1 Å². The van der Waals surface area contributed by atoms with Crippen LogP contribution in [0.25, 0.3) is 0 Å². The van der Waals surface area contributed by atoms with Crippen LogP contribution in [0.5, 0.6) is 0 Å². The molecule has 0 aromatic heterocycles. The lowest BCUT2D eigenvalue weighted by Gasteiger charge is -2.22. The van der Waals surface area contributed by atoms with Crippen LogP contribution in [0.15, 0.2) is 0 Å². The summed E-state index contributed by atoms with van der Waals surface area (Å²) in [5.41, 5.74) is 0. The van der Waals surface area contributed by atoms with Gasteiger partial charge in [-0.05, 0) is 20.3 Å². The first-order valence-electron chi connectivity index (χ1n) is 4.79. The topological polar surface area (TPSA) is 40.5 Å². The van der Waals surface area contributed by atoms with Crippen LogP contribution in [0.1, 0.15) is 26.7 Å². The molecule has 6 heteroatoms. The van der Waals surface area contributed by atoms with Gasteiger partial charge in [-0.25, -0.2) is 0 Å². The van der Waals surface area contributed by atoms with Gasteiger partial charge >= 0.3 is 6.18 Å². The smallest absolute Gasteiger partial charge is 0.393 e. The van der Waals surface area contributed by atoms with Crippen molar-refractivity contribution in [2.24, 2.45) is 0 Å². The Balaban J connectivity index is 4.11. The highest BCUT2D eigenvalue weighted by molar-refractivity contribution is 5.76. The summed E-state index contributed by atoms with van der Waals surface area (Å²) in [6.45, 7) is 1.79. The second-order valence-corrected chi connectivity index (χ2v) is 3.41. The Morgan fingerprint density at radius 1 is 1.47 bits per heavy atom. The second-order valence-electron chi connectivity index (χ2n) is 3.41. The fourth-order valence-electron chi connectivity index (χ4n) is 1.08. The number of aliphatic hydroxyl groups is 1. The predicted octanol–water partition coefficient (Wildman–Crippen LogP) is 1.56. The highest BCUT2D eigenvalue weighted by Crippen LogP contribution is 2.17. The number of rotatable bonds is 5. The van der Waals surface area contributed by atoms with Gasteiger partial charge in [0.1, 0.15) is 6.54 Å². The van der Waals surface area contributed by atoms with Crippen molar-refractivity contribution < 1.29 is 23.1 Å². The molecular weight excluding hydrogens is 211 g/mol. The third-order valence-corrected chi connectivity index (χ3v) is 1.88. The van der Waals surface area contributed by atoms with Crippen molar-refractivity contribution in [3.63, 3.8) is 0 Å². The fraction of sp³-hybridized carbons (Fsp3) is 0.889. The molecule has 0 spiro atoms. The van der Waals surface area contributed by atoms with Gasteiger partial charge in [0.2, 0.25) is 5.91 Å². The average Bonchev–Trinajstić information content (AvgIpc) is 2.08. The maximum absolute atomic E-state index is 12.0. The summed E-state index contributed by atoms with van der Waals surface area (Å²) in [4.78, 5) is 12.0. The van der Waals surface area contributed by atoms with E-state index in [1.165, 1.54) is 13.8 Å². The lowest BCUT2D eigenvalue weighted by Crippen LogP contribution is -2.38. The number of halogens is 3. The monoisotopic (exact) mass is 227 g/mol. The standard InChI is InChI=1S/C9H16F3NO2/c1-3-13(6-9(10,11)12)8(15)5-4-7(2)14/h7,14H,3-6H2,1-2H3. The molecule has 0 bridgehead atoms. The highest BCUT2D eigenvalue weighted by Gasteiger charge is 2.32. The summed E-state index contributed by atoms with van der Waals surface area (Å²) in [5, 5.41) is 8.90. The van der Waals surface area contributed by atoms with E-state index in [1.807, 2.05) is 0 Å². The van der Waals surface area contributed by atoms with Crippen LogP contribution in [-0.2, 0) is 4.79 Å². The van der Waals surface area contributed by atoms with Crippen LogP contribution < -0.4 is 0 Å². The van der Waals surface area contributed by atoms with Crippen molar-refractivity contribution in [3.05, 3.63) is 0 Å². The molecule has 0 aromatic rings. The molecule has 0 heterocycles. The number of hydrogen-bond donors (Lipinski definition) is 1. The first kappa shape index (κ1) is 14.2. The van der Waals surface area contributed by atoms with Gasteiger partial charge in [-0.15, -0.1) is 0 Å². The van der Waals surface area contributed by atoms with Crippen LogP contribution in [0.4, 0.5) is 13.2 Å². The molecular formula is C9H16F3NO2. The number of alkyl halides is 3. The summed E-state index contributed by atoms with van der Waals surface area (Å²) in [6.07, 6.45) is -4.90. The lowest BCUT2D eigenvalue weighted by molar-refractivity contribution is -0.161. The number of hydrogen-bond acceptors (Lipinski definition) is 2.